The van der Waals surface area contributed by atoms with Crippen LogP contribution in [0.2, 0.25) is 0 Å². The average molecular weight is 278 g/mol. The first kappa shape index (κ1) is 14.5. The van der Waals surface area contributed by atoms with E-state index in [0.29, 0.717) is 18.7 Å². The molecule has 0 saturated heterocycles. The first-order valence-corrected chi connectivity index (χ1v) is 6.81. The molecule has 0 aliphatic carbocycles. The second-order valence-corrected chi connectivity index (χ2v) is 4.93. The molecule has 0 unspecified atom stereocenters. The van der Waals surface area contributed by atoms with Crippen molar-refractivity contribution < 1.29 is 14.8 Å². The van der Waals surface area contributed by atoms with Gasteiger partial charge in [0.25, 0.3) is 11.6 Å². The number of benzene rings is 1. The molecule has 0 bridgehead atoms. The second kappa shape index (κ2) is 6.47. The van der Waals surface area contributed by atoms with Gasteiger partial charge in [-0.15, -0.1) is 0 Å². The van der Waals surface area contributed by atoms with Crippen LogP contribution in [-0.2, 0) is 6.42 Å². The number of rotatable bonds is 6. The Kier molecular flexibility index (Phi) is 4.68. The van der Waals surface area contributed by atoms with Gasteiger partial charge in [-0.05, 0) is 31.2 Å². The number of fused-ring (bicyclic) bond motifs is 1. The third kappa shape index (κ3) is 3.14. The summed E-state index contributed by atoms with van der Waals surface area (Å²) in [7, 11) is 0. The lowest BCUT2D eigenvalue weighted by Crippen LogP contribution is -2.38. The minimum Gasteiger partial charge on any atom is -0.396 e. The number of hydrogen-bond acceptors (Lipinski definition) is 4. The van der Waals surface area contributed by atoms with Crippen molar-refractivity contribution in [2.75, 3.05) is 19.7 Å². The number of carbonyl (C=O) groups excluding carboxylic acids is 1. The van der Waals surface area contributed by atoms with Crippen LogP contribution < -0.4 is 0 Å². The van der Waals surface area contributed by atoms with Crippen molar-refractivity contribution >= 4 is 11.6 Å². The molecule has 1 aromatic carbocycles. The van der Waals surface area contributed by atoms with Crippen molar-refractivity contribution in [3.8, 4) is 0 Å². The Labute approximate surface area is 117 Å². The molecule has 20 heavy (non-hydrogen) atoms. The molecule has 1 aliphatic heterocycles. The fourth-order valence-corrected chi connectivity index (χ4v) is 2.43. The summed E-state index contributed by atoms with van der Waals surface area (Å²) in [5, 5.41) is 19.5. The van der Waals surface area contributed by atoms with E-state index < -0.39 is 4.92 Å². The highest BCUT2D eigenvalue weighted by molar-refractivity contribution is 5.97. The largest absolute Gasteiger partial charge is 0.396 e. The van der Waals surface area contributed by atoms with Crippen LogP contribution in [0.3, 0.4) is 0 Å². The van der Waals surface area contributed by atoms with Gasteiger partial charge in [0, 0.05) is 37.4 Å². The molecule has 1 aliphatic rings. The number of nitro benzene ring substituents is 1. The van der Waals surface area contributed by atoms with E-state index >= 15 is 0 Å². The second-order valence-electron chi connectivity index (χ2n) is 4.93. The zero-order valence-corrected chi connectivity index (χ0v) is 11.2. The molecular weight excluding hydrogens is 260 g/mol. The van der Waals surface area contributed by atoms with Gasteiger partial charge in [-0.1, -0.05) is 6.07 Å². The molecule has 6 heteroatoms. The number of aliphatic hydroxyl groups is 1. The highest BCUT2D eigenvalue weighted by Crippen LogP contribution is 2.24. The first-order valence-electron chi connectivity index (χ1n) is 6.81. The van der Waals surface area contributed by atoms with Crippen molar-refractivity contribution in [2.24, 2.45) is 0 Å². The summed E-state index contributed by atoms with van der Waals surface area (Å²) in [6.07, 6.45) is 3.20. The molecule has 6 nitrogen and oxygen atoms in total. The van der Waals surface area contributed by atoms with E-state index in [1.807, 2.05) is 0 Å². The predicted octanol–water partition coefficient (Wildman–Crippen LogP) is 1.76. The molecule has 108 valence electrons. The predicted molar refractivity (Wildman–Crippen MR) is 73.6 cm³/mol. The average Bonchev–Trinajstić information content (AvgIpc) is 2.45. The van der Waals surface area contributed by atoms with Crippen LogP contribution in [0, 0.1) is 10.1 Å². The zero-order valence-electron chi connectivity index (χ0n) is 11.2. The maximum absolute atomic E-state index is 12.3. The number of nitrogens with zero attached hydrogens (tertiary/aromatic N) is 2. The summed E-state index contributed by atoms with van der Waals surface area (Å²) in [6.45, 7) is 1.46. The fraction of sp³-hybridized carbons (Fsp3) is 0.500. The molecule has 0 atom stereocenters. The number of hydrogen-bond donors (Lipinski definition) is 1. The maximum Gasteiger partial charge on any atom is 0.270 e. The van der Waals surface area contributed by atoms with Gasteiger partial charge in [0.2, 0.25) is 0 Å². The number of amides is 1. The monoisotopic (exact) mass is 278 g/mol. The van der Waals surface area contributed by atoms with Gasteiger partial charge in [-0.2, -0.15) is 0 Å². The van der Waals surface area contributed by atoms with E-state index in [-0.39, 0.29) is 18.2 Å². The number of carbonyl (C=O) groups is 1. The Morgan fingerprint density at radius 3 is 2.80 bits per heavy atom. The first-order chi connectivity index (χ1) is 9.63. The van der Waals surface area contributed by atoms with E-state index in [9.17, 15) is 14.9 Å². The Morgan fingerprint density at radius 1 is 1.30 bits per heavy atom. The van der Waals surface area contributed by atoms with Crippen LogP contribution in [0.1, 0.15) is 35.2 Å². The third-order valence-electron chi connectivity index (χ3n) is 3.56. The van der Waals surface area contributed by atoms with Crippen molar-refractivity contribution in [2.45, 2.75) is 25.7 Å². The summed E-state index contributed by atoms with van der Waals surface area (Å²) in [5.74, 6) is -0.126. The van der Waals surface area contributed by atoms with E-state index in [4.69, 9.17) is 5.11 Å². The van der Waals surface area contributed by atoms with Gasteiger partial charge in [-0.3, -0.25) is 14.9 Å². The number of unbranched alkanes of at least 4 members (excludes halogenated alkanes) is 2. The van der Waals surface area contributed by atoms with Crippen LogP contribution in [-0.4, -0.2) is 40.5 Å². The molecular formula is C14H18N2O4. The Balaban J connectivity index is 2.07. The number of nitro groups is 1. The molecule has 0 aromatic heterocycles. The summed E-state index contributed by atoms with van der Waals surface area (Å²) < 4.78 is 0. The Morgan fingerprint density at radius 2 is 2.10 bits per heavy atom. The smallest absolute Gasteiger partial charge is 0.270 e. The van der Waals surface area contributed by atoms with Crippen molar-refractivity contribution in [1.29, 1.82) is 0 Å². The minimum absolute atomic E-state index is 0.0424. The lowest BCUT2D eigenvalue weighted by atomic mass is 9.98. The van der Waals surface area contributed by atoms with Crippen molar-refractivity contribution in [3.05, 3.63) is 39.4 Å². The molecule has 1 amide bonds. The molecule has 1 heterocycles. The molecule has 0 spiro atoms. The van der Waals surface area contributed by atoms with E-state index in [1.165, 1.54) is 12.1 Å². The van der Waals surface area contributed by atoms with Gasteiger partial charge in [0.15, 0.2) is 0 Å². The van der Waals surface area contributed by atoms with Crippen LogP contribution in [0.4, 0.5) is 5.69 Å². The maximum atomic E-state index is 12.3. The number of aliphatic hydroxyl groups excluding tert-OH is 1. The molecule has 1 aromatic rings. The summed E-state index contributed by atoms with van der Waals surface area (Å²) in [4.78, 5) is 24.3. The van der Waals surface area contributed by atoms with Crippen LogP contribution in [0.25, 0.3) is 0 Å². The SMILES string of the molecule is O=C1c2cc([N+](=O)[O-])ccc2CCN1CCCCCO. The van der Waals surface area contributed by atoms with E-state index in [2.05, 4.69) is 0 Å². The summed E-state index contributed by atoms with van der Waals surface area (Å²) in [6, 6.07) is 4.50. The van der Waals surface area contributed by atoms with Crippen LogP contribution in [0.15, 0.2) is 18.2 Å². The van der Waals surface area contributed by atoms with Crippen LogP contribution >= 0.6 is 0 Å². The standard InChI is InChI=1S/C14H18N2O4/c17-9-3-1-2-7-15-8-6-11-4-5-12(16(19)20)10-13(11)14(15)18/h4-5,10,17H,1-3,6-9H2. The molecule has 0 saturated carbocycles. The zero-order chi connectivity index (χ0) is 14.5. The van der Waals surface area contributed by atoms with Gasteiger partial charge in [0.1, 0.15) is 0 Å². The van der Waals surface area contributed by atoms with E-state index in [0.717, 1.165) is 31.2 Å². The van der Waals surface area contributed by atoms with Gasteiger partial charge < -0.3 is 10.0 Å². The molecule has 1 N–H and O–H groups in total. The fourth-order valence-electron chi connectivity index (χ4n) is 2.43. The normalized spacial score (nSPS) is 14.2. The van der Waals surface area contributed by atoms with Crippen molar-refractivity contribution in [3.63, 3.8) is 0 Å². The molecule has 0 fully saturated rings. The topological polar surface area (TPSA) is 83.7 Å². The van der Waals surface area contributed by atoms with Gasteiger partial charge in [-0.25, -0.2) is 0 Å². The quantitative estimate of drug-likeness (QED) is 0.488. The van der Waals surface area contributed by atoms with Crippen LogP contribution in [0.5, 0.6) is 0 Å². The Hall–Kier alpha value is -1.95. The highest BCUT2D eigenvalue weighted by atomic mass is 16.6. The highest BCUT2D eigenvalue weighted by Gasteiger charge is 2.25. The molecule has 0 radical (unpaired) electrons. The van der Waals surface area contributed by atoms with E-state index in [1.54, 1.807) is 11.0 Å². The van der Waals surface area contributed by atoms with Gasteiger partial charge >= 0.3 is 0 Å². The lowest BCUT2D eigenvalue weighted by Gasteiger charge is -2.28. The summed E-state index contributed by atoms with van der Waals surface area (Å²) >= 11 is 0. The minimum atomic E-state index is -0.478. The Bertz CT molecular complexity index is 516. The number of non-ortho nitro benzene ring substituents is 1. The van der Waals surface area contributed by atoms with Gasteiger partial charge in [0.05, 0.1) is 4.92 Å². The molecule has 2 rings (SSSR count). The van der Waals surface area contributed by atoms with Crippen molar-refractivity contribution in [1.82, 2.24) is 4.90 Å². The third-order valence-corrected chi connectivity index (χ3v) is 3.56. The summed E-state index contributed by atoms with van der Waals surface area (Å²) in [5.41, 5.74) is 1.29. The lowest BCUT2D eigenvalue weighted by molar-refractivity contribution is -0.384.